The molecule has 2 aliphatic rings. The molecule has 1 aliphatic carbocycles. The fraction of sp³-hybridized carbons (Fsp3) is 0.397. The number of halogens is 2. The van der Waals surface area contributed by atoms with E-state index in [0.29, 0.717) is 5.56 Å². The number of aryl methyl sites for hydroxylation is 1. The van der Waals surface area contributed by atoms with Crippen molar-refractivity contribution in [2.24, 2.45) is 0 Å². The van der Waals surface area contributed by atoms with E-state index in [2.05, 4.69) is 0 Å². The Hall–Kier alpha value is -9.89. The van der Waals surface area contributed by atoms with Gasteiger partial charge >= 0.3 is 65.7 Å². The van der Waals surface area contributed by atoms with Crippen LogP contribution in [-0.4, -0.2) is 131 Å². The van der Waals surface area contributed by atoms with Crippen LogP contribution in [0, 0.1) is 18.6 Å². The summed E-state index contributed by atoms with van der Waals surface area (Å²) in [6.45, 7) is 7.91. The number of anilines is 2. The summed E-state index contributed by atoms with van der Waals surface area (Å²) in [7, 11) is 0. The van der Waals surface area contributed by atoms with Gasteiger partial charge in [0.2, 0.25) is 27.2 Å². The molecule has 0 fully saturated rings. The number of esters is 11. The predicted octanol–water partition coefficient (Wildman–Crippen LogP) is 5.33. The van der Waals surface area contributed by atoms with Crippen LogP contribution in [0.1, 0.15) is 113 Å². The fourth-order valence-corrected chi connectivity index (χ4v) is 9.04. The third-order valence-corrected chi connectivity index (χ3v) is 13.0. The minimum absolute atomic E-state index is 0.0108. The molecule has 0 saturated heterocycles. The SMILES string of the molecule is CC(=O)OCOC(=O)CN(CC(=O)OCOC(C)=O)c1ccc(C)cc1OC(C)C(C)Oc1cc2c(cc1N(CC(=O)OCOC(C)=O)CC(=O)OCOC(C)=O)C(=O)OC21c2cc(F)c(OC(C)=O)cc2C(C)(C)c2cc(OC(C)=O)c(F)cc21. The van der Waals surface area contributed by atoms with Gasteiger partial charge in [-0.2, -0.15) is 0 Å². The maximum absolute atomic E-state index is 16.5. The van der Waals surface area contributed by atoms with E-state index in [-0.39, 0.29) is 56.3 Å². The molecule has 4 aromatic rings. The number of hydrogen-bond acceptors (Lipinski definition) is 26. The number of nitrogens with zero attached hydrogens (tertiary/aromatic N) is 2. The van der Waals surface area contributed by atoms with E-state index in [9.17, 15) is 52.7 Å². The summed E-state index contributed by atoms with van der Waals surface area (Å²) in [5.41, 5.74) is -3.67. The summed E-state index contributed by atoms with van der Waals surface area (Å²) in [6.07, 6.45) is -2.34. The van der Waals surface area contributed by atoms with Crippen LogP contribution in [0.2, 0.25) is 0 Å². The average molecular weight is 1210 g/mol. The average Bonchev–Trinajstić information content (AvgIpc) is 1.34. The lowest BCUT2D eigenvalue weighted by Gasteiger charge is -2.44. The van der Waals surface area contributed by atoms with Gasteiger partial charge in [-0.3, -0.25) is 47.9 Å². The van der Waals surface area contributed by atoms with Crippen molar-refractivity contribution in [1.82, 2.24) is 0 Å². The first-order chi connectivity index (χ1) is 40.4. The molecule has 28 heteroatoms. The highest BCUT2D eigenvalue weighted by atomic mass is 19.1. The molecule has 460 valence electrons. The van der Waals surface area contributed by atoms with Crippen molar-refractivity contribution < 1.29 is 123 Å². The summed E-state index contributed by atoms with van der Waals surface area (Å²) >= 11 is 0. The first-order valence-corrected chi connectivity index (χ1v) is 26.0. The lowest BCUT2D eigenvalue weighted by Crippen LogP contribution is -2.42. The number of rotatable bonds is 25. The zero-order valence-corrected chi connectivity index (χ0v) is 48.5. The van der Waals surface area contributed by atoms with Gasteiger partial charge in [-0.15, -0.1) is 0 Å². The van der Waals surface area contributed by atoms with Crippen LogP contribution in [0.25, 0.3) is 0 Å². The van der Waals surface area contributed by atoms with E-state index in [0.717, 1.165) is 64.6 Å². The van der Waals surface area contributed by atoms with Crippen LogP contribution >= 0.6 is 0 Å². The Bertz CT molecular complexity index is 3230. The van der Waals surface area contributed by atoms with Crippen LogP contribution in [-0.2, 0) is 102 Å². The maximum atomic E-state index is 16.5. The second-order valence-electron chi connectivity index (χ2n) is 19.8. The Morgan fingerprint density at radius 2 is 0.826 bits per heavy atom. The number of carbonyl (C=O) groups excluding carboxylic acids is 11. The van der Waals surface area contributed by atoms with Gasteiger partial charge < -0.3 is 71.4 Å². The zero-order chi connectivity index (χ0) is 63.5. The number of fused-ring (bicyclic) bond motifs is 6. The number of carbonyl (C=O) groups is 11. The maximum Gasteiger partial charge on any atom is 0.340 e. The molecule has 1 spiro atoms. The lowest BCUT2D eigenvalue weighted by molar-refractivity contribution is -0.167. The van der Waals surface area contributed by atoms with Crippen LogP contribution < -0.4 is 28.7 Å². The molecule has 0 radical (unpaired) electrons. The normalized spacial score (nSPS) is 13.5. The van der Waals surface area contributed by atoms with Crippen molar-refractivity contribution in [3.63, 3.8) is 0 Å². The largest absolute Gasteiger partial charge is 0.485 e. The molecular weight excluding hydrogens is 1150 g/mol. The van der Waals surface area contributed by atoms with Crippen LogP contribution in [0.15, 0.2) is 54.6 Å². The number of benzene rings is 4. The van der Waals surface area contributed by atoms with Crippen molar-refractivity contribution in [1.29, 1.82) is 0 Å². The second-order valence-corrected chi connectivity index (χ2v) is 19.8. The molecule has 0 N–H and O–H groups in total. The quantitative estimate of drug-likeness (QED) is 0.0350. The molecule has 2 unspecified atom stereocenters. The third-order valence-electron chi connectivity index (χ3n) is 13.0. The van der Waals surface area contributed by atoms with E-state index in [1.165, 1.54) is 49.1 Å². The summed E-state index contributed by atoms with van der Waals surface area (Å²) in [5, 5.41) is 0. The number of ether oxygens (including phenoxy) is 13. The first kappa shape index (κ1) is 65.3. The predicted molar refractivity (Wildman–Crippen MR) is 286 cm³/mol. The minimum Gasteiger partial charge on any atom is -0.485 e. The molecule has 2 atom stereocenters. The second kappa shape index (κ2) is 27.7. The molecule has 6 rings (SSSR count). The highest BCUT2D eigenvalue weighted by molar-refractivity contribution is 5.99. The Morgan fingerprint density at radius 1 is 0.465 bits per heavy atom. The smallest absolute Gasteiger partial charge is 0.340 e. The summed E-state index contributed by atoms with van der Waals surface area (Å²) in [6, 6.07) is 11.3. The Morgan fingerprint density at radius 3 is 1.20 bits per heavy atom. The molecule has 86 heavy (non-hydrogen) atoms. The third kappa shape index (κ3) is 15.8. The van der Waals surface area contributed by atoms with E-state index in [1.54, 1.807) is 26.8 Å². The molecule has 4 aromatic carbocycles. The summed E-state index contributed by atoms with van der Waals surface area (Å²) < 4.78 is 103. The molecule has 0 aromatic heterocycles. The van der Waals surface area contributed by atoms with Crippen molar-refractivity contribution in [3.8, 4) is 23.0 Å². The van der Waals surface area contributed by atoms with Gasteiger partial charge in [-0.05, 0) is 86.0 Å². The van der Waals surface area contributed by atoms with Crippen LogP contribution in [0.3, 0.4) is 0 Å². The highest BCUT2D eigenvalue weighted by Crippen LogP contribution is 2.59. The lowest BCUT2D eigenvalue weighted by atomic mass is 9.61. The van der Waals surface area contributed by atoms with Crippen molar-refractivity contribution in [2.75, 3.05) is 63.2 Å². The Kier molecular flexibility index (Phi) is 21.0. The van der Waals surface area contributed by atoms with E-state index < -0.39 is 165 Å². The molecule has 1 aliphatic heterocycles. The summed E-state index contributed by atoms with van der Waals surface area (Å²) in [4.78, 5) is 141. The molecule has 26 nitrogen and oxygen atoms in total. The van der Waals surface area contributed by atoms with Gasteiger partial charge in [0.1, 0.15) is 49.9 Å². The fourth-order valence-electron chi connectivity index (χ4n) is 9.04. The van der Waals surface area contributed by atoms with Gasteiger partial charge in [0.05, 0.1) is 16.9 Å². The highest BCUT2D eigenvalue weighted by Gasteiger charge is 2.57. The van der Waals surface area contributed by atoms with E-state index >= 15 is 8.78 Å². The topological polar surface area (TPSA) is 314 Å². The van der Waals surface area contributed by atoms with Crippen LogP contribution in [0.4, 0.5) is 20.2 Å². The van der Waals surface area contributed by atoms with E-state index in [4.69, 9.17) is 61.6 Å². The van der Waals surface area contributed by atoms with Gasteiger partial charge in [-0.25, -0.2) is 13.6 Å². The molecule has 1 heterocycles. The standard InChI is InChI=1S/C58H60F2N2O24/c1-29-12-13-46(61(21-52(69)78-25-74-32(4)63)22-53(70)79-26-75-33(5)64)50(14-29)82-30(2)31(3)83-51-18-39-38(15-47(51)62(23-54(71)80-27-76-34(6)65)24-55(72)81-28-77-35(7)66)56(73)86-58(39)42-16-44(59)48(84-36(8)67)19-40(42)57(10,11)41-20-49(85-37(9)68)45(60)17-43(41)58/h12-20,30-31H,21-28H2,1-11H3. The monoisotopic (exact) mass is 1210 g/mol. The molecular formula is C58H60F2N2O24. The number of hydrogen-bond donors (Lipinski definition) is 0. The Balaban J connectivity index is 1.56. The molecule has 0 amide bonds. The van der Waals surface area contributed by atoms with Crippen molar-refractivity contribution >= 4 is 77.0 Å². The van der Waals surface area contributed by atoms with Gasteiger partial charge in [0.25, 0.3) is 0 Å². The Labute approximate surface area is 489 Å². The van der Waals surface area contributed by atoms with Gasteiger partial charge in [0, 0.05) is 63.6 Å². The summed E-state index contributed by atoms with van der Waals surface area (Å²) in [5.74, 6) is -13.9. The molecule has 0 bridgehead atoms. The van der Waals surface area contributed by atoms with Gasteiger partial charge in [0.15, 0.2) is 28.7 Å². The first-order valence-electron chi connectivity index (χ1n) is 26.0. The minimum atomic E-state index is -2.35. The van der Waals surface area contributed by atoms with Crippen LogP contribution in [0.5, 0.6) is 23.0 Å². The van der Waals surface area contributed by atoms with E-state index in [1.807, 2.05) is 0 Å². The van der Waals surface area contributed by atoms with Crippen molar-refractivity contribution in [2.45, 2.75) is 99.4 Å². The van der Waals surface area contributed by atoms with Crippen molar-refractivity contribution in [3.05, 3.63) is 105 Å². The molecule has 0 saturated carbocycles. The zero-order valence-electron chi connectivity index (χ0n) is 48.5. The van der Waals surface area contributed by atoms with Gasteiger partial charge in [-0.1, -0.05) is 19.9 Å².